The van der Waals surface area contributed by atoms with Gasteiger partial charge in [-0.15, -0.1) is 0 Å². The number of carbonyl (C=O) groups excluding carboxylic acids is 1. The summed E-state index contributed by atoms with van der Waals surface area (Å²) in [5.74, 6) is 1.56. The normalized spacial score (nSPS) is 20.7. The molecule has 1 fully saturated rings. The minimum Gasteiger partial charge on any atom is -0.454 e. The first-order valence-corrected chi connectivity index (χ1v) is 8.78. The Kier molecular flexibility index (Phi) is 5.43. The van der Waals surface area contributed by atoms with Crippen LogP contribution >= 0.6 is 0 Å². The van der Waals surface area contributed by atoms with Crippen LogP contribution in [0.15, 0.2) is 22.9 Å². The number of hydrogen-bond acceptors (Lipinski definition) is 5. The van der Waals surface area contributed by atoms with Gasteiger partial charge in [0.15, 0.2) is 5.76 Å². The molecule has 0 unspecified atom stereocenters. The van der Waals surface area contributed by atoms with Crippen LogP contribution in [0.3, 0.4) is 0 Å². The third-order valence-corrected chi connectivity index (χ3v) is 4.94. The smallest absolute Gasteiger partial charge is 0.289 e. The number of furan rings is 1. The van der Waals surface area contributed by atoms with Gasteiger partial charge in [0.1, 0.15) is 17.8 Å². The average Bonchev–Trinajstić information content (AvgIpc) is 3.27. The largest absolute Gasteiger partial charge is 0.454 e. The maximum atomic E-state index is 14.0. The number of alkyl halides is 1. The van der Waals surface area contributed by atoms with E-state index in [9.17, 15) is 9.18 Å². The molecule has 2 atom stereocenters. The second kappa shape index (κ2) is 7.59. The van der Waals surface area contributed by atoms with Gasteiger partial charge >= 0.3 is 0 Å². The number of aryl methyl sites for hydroxylation is 2. The molecule has 2 aromatic heterocycles. The summed E-state index contributed by atoms with van der Waals surface area (Å²) in [6.45, 7) is 3.43. The highest BCUT2D eigenvalue weighted by Crippen LogP contribution is 2.24. The summed E-state index contributed by atoms with van der Waals surface area (Å²) in [6.07, 6.45) is 3.13. The monoisotopic (exact) mass is 363 g/mol. The van der Waals surface area contributed by atoms with Gasteiger partial charge in [0, 0.05) is 51.2 Å². The Hall–Kier alpha value is -2.19. The van der Waals surface area contributed by atoms with E-state index in [1.54, 1.807) is 24.2 Å². The number of likely N-dealkylation sites (N-methyl/N-ethyl adjacent to an activating group) is 1. The van der Waals surface area contributed by atoms with Gasteiger partial charge in [0.05, 0.1) is 13.1 Å². The lowest BCUT2D eigenvalue weighted by Crippen LogP contribution is -2.41. The quantitative estimate of drug-likeness (QED) is 0.841. The summed E-state index contributed by atoms with van der Waals surface area (Å²) < 4.78 is 21.5. The third kappa shape index (κ3) is 3.81. The zero-order valence-corrected chi connectivity index (χ0v) is 15.5. The van der Waals surface area contributed by atoms with Crippen LogP contribution in [-0.4, -0.2) is 57.6 Å². The van der Waals surface area contributed by atoms with Crippen molar-refractivity contribution in [3.63, 3.8) is 0 Å². The van der Waals surface area contributed by atoms with Gasteiger partial charge < -0.3 is 19.6 Å². The number of likely N-dealkylation sites (tertiary alicyclic amines) is 1. The van der Waals surface area contributed by atoms with Crippen molar-refractivity contribution in [2.75, 3.05) is 20.1 Å². The molecule has 2 N–H and O–H groups in total. The van der Waals surface area contributed by atoms with Crippen molar-refractivity contribution in [1.29, 1.82) is 0 Å². The molecule has 142 valence electrons. The maximum absolute atomic E-state index is 14.0. The van der Waals surface area contributed by atoms with Crippen LogP contribution in [0.1, 0.15) is 34.1 Å². The zero-order valence-electron chi connectivity index (χ0n) is 15.5. The van der Waals surface area contributed by atoms with E-state index in [1.807, 2.05) is 24.7 Å². The fraction of sp³-hybridized carbons (Fsp3) is 0.556. The summed E-state index contributed by atoms with van der Waals surface area (Å²) >= 11 is 0. The number of nitrogens with two attached hydrogens (primary N) is 1. The van der Waals surface area contributed by atoms with E-state index in [0.717, 1.165) is 11.4 Å². The summed E-state index contributed by atoms with van der Waals surface area (Å²) in [5, 5.41) is 0. The first-order chi connectivity index (χ1) is 12.4. The molecule has 1 aliphatic rings. The summed E-state index contributed by atoms with van der Waals surface area (Å²) in [4.78, 5) is 20.7. The first-order valence-electron chi connectivity index (χ1n) is 8.78. The van der Waals surface area contributed by atoms with Crippen LogP contribution in [0, 0.1) is 6.92 Å². The maximum Gasteiger partial charge on any atom is 0.289 e. The van der Waals surface area contributed by atoms with Crippen LogP contribution < -0.4 is 5.73 Å². The minimum atomic E-state index is -0.891. The molecular weight excluding hydrogens is 337 g/mol. The second-order valence-electron chi connectivity index (χ2n) is 6.99. The van der Waals surface area contributed by atoms with Gasteiger partial charge in [-0.05, 0) is 19.4 Å². The molecule has 7 nitrogen and oxygen atoms in total. The van der Waals surface area contributed by atoms with E-state index in [1.165, 1.54) is 0 Å². The van der Waals surface area contributed by atoms with Crippen LogP contribution in [0.4, 0.5) is 4.39 Å². The number of hydrogen-bond donors (Lipinski definition) is 1. The van der Waals surface area contributed by atoms with Crippen molar-refractivity contribution in [3.05, 3.63) is 41.4 Å². The minimum absolute atomic E-state index is 0.0557. The molecule has 26 heavy (non-hydrogen) atoms. The summed E-state index contributed by atoms with van der Waals surface area (Å²) in [6, 6.07) is 1.72. The molecule has 8 heteroatoms. The molecule has 0 aliphatic carbocycles. The first kappa shape index (κ1) is 18.6. The molecule has 2 aromatic rings. The number of amides is 1. The number of carbonyl (C=O) groups is 1. The van der Waals surface area contributed by atoms with E-state index in [2.05, 4.69) is 9.88 Å². The van der Waals surface area contributed by atoms with E-state index < -0.39 is 6.17 Å². The second-order valence-corrected chi connectivity index (χ2v) is 6.99. The predicted molar refractivity (Wildman–Crippen MR) is 95.2 cm³/mol. The Balaban J connectivity index is 1.68. The lowest BCUT2D eigenvalue weighted by molar-refractivity contribution is 0.0714. The van der Waals surface area contributed by atoms with E-state index in [-0.39, 0.29) is 18.5 Å². The van der Waals surface area contributed by atoms with Crippen molar-refractivity contribution in [3.8, 4) is 0 Å². The van der Waals surface area contributed by atoms with Crippen LogP contribution in [-0.2, 0) is 20.1 Å². The van der Waals surface area contributed by atoms with Crippen molar-refractivity contribution in [2.24, 2.45) is 12.8 Å². The highest BCUT2D eigenvalue weighted by Gasteiger charge is 2.34. The highest BCUT2D eigenvalue weighted by molar-refractivity contribution is 5.92. The summed E-state index contributed by atoms with van der Waals surface area (Å²) in [5.41, 5.74) is 6.34. The van der Waals surface area contributed by atoms with Crippen LogP contribution in [0.5, 0.6) is 0 Å². The topological polar surface area (TPSA) is 80.5 Å². The lowest BCUT2D eigenvalue weighted by Gasteiger charge is -2.27. The molecule has 0 saturated carbocycles. The molecule has 0 spiro atoms. The van der Waals surface area contributed by atoms with Gasteiger partial charge in [-0.1, -0.05) is 0 Å². The number of halogens is 1. The van der Waals surface area contributed by atoms with E-state index >= 15 is 0 Å². The molecule has 3 rings (SSSR count). The van der Waals surface area contributed by atoms with E-state index in [4.69, 9.17) is 10.2 Å². The molecule has 1 aliphatic heterocycles. The van der Waals surface area contributed by atoms with Gasteiger partial charge in [0.25, 0.3) is 5.91 Å². The average molecular weight is 363 g/mol. The van der Waals surface area contributed by atoms with Gasteiger partial charge in [-0.25, -0.2) is 9.37 Å². The lowest BCUT2D eigenvalue weighted by atomic mass is 10.2. The van der Waals surface area contributed by atoms with Crippen molar-refractivity contribution < 1.29 is 13.6 Å². The van der Waals surface area contributed by atoms with Gasteiger partial charge in [-0.3, -0.25) is 9.69 Å². The Bertz CT molecular complexity index is 771. The number of rotatable bonds is 6. The number of nitrogens with zero attached hydrogens (tertiary/aromatic N) is 4. The fourth-order valence-corrected chi connectivity index (χ4v) is 3.47. The molecular formula is C18H26FN5O2. The molecule has 0 radical (unpaired) electrons. The van der Waals surface area contributed by atoms with Crippen molar-refractivity contribution >= 4 is 5.91 Å². The third-order valence-electron chi connectivity index (χ3n) is 4.94. The SMILES string of the molecule is Cc1cc(CN)oc1C(=O)N(C)C[C@@H]1C[C@H](F)CN1Cc1nccn1C. The highest BCUT2D eigenvalue weighted by atomic mass is 19.1. The Morgan fingerprint density at radius 3 is 2.92 bits per heavy atom. The zero-order chi connectivity index (χ0) is 18.8. The Labute approximate surface area is 152 Å². The number of aromatic nitrogens is 2. The van der Waals surface area contributed by atoms with Crippen LogP contribution in [0.2, 0.25) is 0 Å². The molecule has 1 saturated heterocycles. The van der Waals surface area contributed by atoms with E-state index in [0.29, 0.717) is 37.6 Å². The van der Waals surface area contributed by atoms with Gasteiger partial charge in [-0.2, -0.15) is 0 Å². The van der Waals surface area contributed by atoms with Crippen LogP contribution in [0.25, 0.3) is 0 Å². The Morgan fingerprint density at radius 2 is 2.31 bits per heavy atom. The molecule has 0 bridgehead atoms. The molecule has 0 aromatic carbocycles. The van der Waals surface area contributed by atoms with Crippen molar-refractivity contribution in [2.45, 2.75) is 38.6 Å². The van der Waals surface area contributed by atoms with Gasteiger partial charge in [0.2, 0.25) is 0 Å². The molecule has 3 heterocycles. The van der Waals surface area contributed by atoms with Crippen molar-refractivity contribution in [1.82, 2.24) is 19.4 Å². The molecule has 1 amide bonds. The Morgan fingerprint density at radius 1 is 1.54 bits per heavy atom. The predicted octanol–water partition coefficient (Wildman–Crippen LogP) is 1.46. The summed E-state index contributed by atoms with van der Waals surface area (Å²) in [7, 11) is 3.64. The number of imidazole rings is 1. The fourth-order valence-electron chi connectivity index (χ4n) is 3.47. The standard InChI is InChI=1S/C18H26FN5O2/c1-12-6-15(8-20)26-17(12)18(25)23(3)10-14-7-13(19)9-24(14)11-16-21-4-5-22(16)2/h4-6,13-14H,7-11,20H2,1-3H3/t13-,14-/m0/s1.